The number of fused-ring (bicyclic) bond motifs is 1. The summed E-state index contributed by atoms with van der Waals surface area (Å²) < 4.78 is 1.73. The molecule has 1 atom stereocenters. The zero-order valence-corrected chi connectivity index (χ0v) is 13.7. The normalized spacial score (nSPS) is 12.8. The molecule has 0 fully saturated rings. The van der Waals surface area contributed by atoms with E-state index < -0.39 is 6.10 Å². The van der Waals surface area contributed by atoms with Gasteiger partial charge < -0.3 is 5.11 Å². The van der Waals surface area contributed by atoms with Crippen LogP contribution in [0.1, 0.15) is 31.2 Å². The van der Waals surface area contributed by atoms with Crippen LogP contribution in [0, 0.1) is 0 Å². The number of rotatable bonds is 3. The zero-order chi connectivity index (χ0) is 15.9. The van der Waals surface area contributed by atoms with Crippen molar-refractivity contribution in [3.63, 3.8) is 0 Å². The van der Waals surface area contributed by atoms with Crippen molar-refractivity contribution in [2.45, 2.75) is 26.4 Å². The molecule has 0 radical (unpaired) electrons. The minimum Gasteiger partial charge on any atom is -0.388 e. The van der Waals surface area contributed by atoms with Crippen LogP contribution in [0.3, 0.4) is 0 Å². The Morgan fingerprint density at radius 2 is 2.05 bits per heavy atom. The molecule has 0 saturated carbocycles. The maximum Gasteiger partial charge on any atom is 0.161 e. The van der Waals surface area contributed by atoms with Crippen molar-refractivity contribution in [1.29, 1.82) is 0 Å². The lowest BCUT2D eigenvalue weighted by Gasteiger charge is -2.08. The second kappa shape index (κ2) is 5.88. The van der Waals surface area contributed by atoms with Crippen molar-refractivity contribution in [3.05, 3.63) is 51.8 Å². The highest BCUT2D eigenvalue weighted by Gasteiger charge is 2.19. The number of aryl methyl sites for hydroxylation is 1. The van der Waals surface area contributed by atoms with Gasteiger partial charge >= 0.3 is 0 Å². The molecule has 0 spiro atoms. The van der Waals surface area contributed by atoms with E-state index in [1.54, 1.807) is 29.8 Å². The molecular weight excluding hydrogens is 321 g/mol. The van der Waals surface area contributed by atoms with Gasteiger partial charge in [-0.05, 0) is 37.6 Å². The molecule has 2 heterocycles. The van der Waals surface area contributed by atoms with E-state index in [1.165, 1.54) is 0 Å². The molecule has 0 bridgehead atoms. The third-order valence-electron chi connectivity index (χ3n) is 3.59. The lowest BCUT2D eigenvalue weighted by Crippen LogP contribution is -1.98. The van der Waals surface area contributed by atoms with Crippen LogP contribution in [0.15, 0.2) is 30.5 Å². The number of nitrogens with zero attached hydrogens (tertiary/aromatic N) is 3. The monoisotopic (exact) mass is 335 g/mol. The number of halogens is 2. The smallest absolute Gasteiger partial charge is 0.161 e. The molecule has 1 N–H and O–H groups in total. The maximum absolute atomic E-state index is 10.0. The summed E-state index contributed by atoms with van der Waals surface area (Å²) in [5, 5.41) is 15.8. The van der Waals surface area contributed by atoms with Gasteiger partial charge in [-0.3, -0.25) is 0 Å². The Bertz CT molecular complexity index is 843. The van der Waals surface area contributed by atoms with Gasteiger partial charge in [-0.15, -0.1) is 0 Å². The molecule has 6 heteroatoms. The number of aliphatic hydroxyl groups is 1. The van der Waals surface area contributed by atoms with Gasteiger partial charge in [0.25, 0.3) is 0 Å². The molecule has 2 aromatic heterocycles. The summed E-state index contributed by atoms with van der Waals surface area (Å²) in [5.74, 6) is 0. The van der Waals surface area contributed by atoms with Crippen LogP contribution in [-0.2, 0) is 6.42 Å². The summed E-state index contributed by atoms with van der Waals surface area (Å²) in [6.07, 6.45) is 1.79. The number of aliphatic hydroxyl groups excluding tert-OH is 1. The molecule has 114 valence electrons. The Hall–Kier alpha value is -1.62. The highest BCUT2D eigenvalue weighted by molar-refractivity contribution is 6.36. The molecule has 0 aliphatic heterocycles. The second-order valence-electron chi connectivity index (χ2n) is 5.08. The molecule has 0 amide bonds. The predicted octanol–water partition coefficient (Wildman–Crippen LogP) is 4.32. The molecule has 3 rings (SSSR count). The van der Waals surface area contributed by atoms with Crippen LogP contribution in [0.2, 0.25) is 10.0 Å². The molecule has 4 nitrogen and oxygen atoms in total. The van der Waals surface area contributed by atoms with Gasteiger partial charge in [0.2, 0.25) is 0 Å². The fraction of sp³-hybridized carbons (Fsp3) is 0.250. The molecule has 0 aliphatic carbocycles. The average molecular weight is 336 g/mol. The van der Waals surface area contributed by atoms with E-state index in [9.17, 15) is 5.11 Å². The molecule has 1 unspecified atom stereocenters. The summed E-state index contributed by atoms with van der Waals surface area (Å²) in [4.78, 5) is 4.38. The summed E-state index contributed by atoms with van der Waals surface area (Å²) >= 11 is 12.3. The van der Waals surface area contributed by atoms with E-state index in [1.807, 2.05) is 19.1 Å². The fourth-order valence-corrected chi connectivity index (χ4v) is 3.10. The zero-order valence-electron chi connectivity index (χ0n) is 12.2. The van der Waals surface area contributed by atoms with E-state index in [0.717, 1.165) is 28.9 Å². The van der Waals surface area contributed by atoms with Crippen LogP contribution < -0.4 is 0 Å². The average Bonchev–Trinajstić information content (AvgIpc) is 2.86. The highest BCUT2D eigenvalue weighted by Crippen LogP contribution is 2.32. The molecule has 1 aromatic carbocycles. The van der Waals surface area contributed by atoms with Gasteiger partial charge in [0.15, 0.2) is 5.65 Å². The first-order valence-electron chi connectivity index (χ1n) is 7.03. The summed E-state index contributed by atoms with van der Waals surface area (Å²) in [5.41, 5.74) is 3.87. The number of benzene rings is 1. The van der Waals surface area contributed by atoms with E-state index in [4.69, 9.17) is 23.2 Å². The Kier molecular flexibility index (Phi) is 4.08. The summed E-state index contributed by atoms with van der Waals surface area (Å²) in [6.45, 7) is 3.72. The Morgan fingerprint density at radius 3 is 2.68 bits per heavy atom. The van der Waals surface area contributed by atoms with Gasteiger partial charge in [0.05, 0.1) is 22.5 Å². The lowest BCUT2D eigenvalue weighted by molar-refractivity contribution is 0.199. The van der Waals surface area contributed by atoms with E-state index in [0.29, 0.717) is 15.7 Å². The van der Waals surface area contributed by atoms with Gasteiger partial charge in [-0.25, -0.2) is 9.50 Å². The van der Waals surface area contributed by atoms with Gasteiger partial charge in [-0.1, -0.05) is 30.1 Å². The van der Waals surface area contributed by atoms with E-state index in [2.05, 4.69) is 10.1 Å². The Morgan fingerprint density at radius 1 is 1.27 bits per heavy atom. The van der Waals surface area contributed by atoms with Crippen LogP contribution in [0.25, 0.3) is 16.9 Å². The van der Waals surface area contributed by atoms with Crippen molar-refractivity contribution >= 4 is 28.8 Å². The van der Waals surface area contributed by atoms with Gasteiger partial charge in [-0.2, -0.15) is 5.10 Å². The van der Waals surface area contributed by atoms with Crippen molar-refractivity contribution in [1.82, 2.24) is 14.6 Å². The molecular formula is C16H15Cl2N3O. The molecule has 0 saturated heterocycles. The van der Waals surface area contributed by atoms with Crippen molar-refractivity contribution in [3.8, 4) is 11.3 Å². The lowest BCUT2D eigenvalue weighted by atomic mass is 10.1. The first-order chi connectivity index (χ1) is 10.5. The van der Waals surface area contributed by atoms with Crippen LogP contribution in [-0.4, -0.2) is 19.7 Å². The van der Waals surface area contributed by atoms with Crippen LogP contribution >= 0.6 is 23.2 Å². The maximum atomic E-state index is 10.0. The third kappa shape index (κ3) is 2.47. The number of hydrogen-bond donors (Lipinski definition) is 1. The third-order valence-corrected chi connectivity index (χ3v) is 4.14. The van der Waals surface area contributed by atoms with Gasteiger partial charge in [0, 0.05) is 22.3 Å². The topological polar surface area (TPSA) is 50.4 Å². The van der Waals surface area contributed by atoms with Crippen molar-refractivity contribution < 1.29 is 5.11 Å². The fourth-order valence-electron chi connectivity index (χ4n) is 2.60. The van der Waals surface area contributed by atoms with E-state index >= 15 is 0 Å². The first kappa shape index (κ1) is 15.3. The minimum atomic E-state index is -0.629. The van der Waals surface area contributed by atoms with E-state index in [-0.39, 0.29) is 0 Å². The SMILES string of the molecule is CCc1nn2c(-c3ccc(Cl)cc3Cl)ccnc2c1C(C)O. The summed E-state index contributed by atoms with van der Waals surface area (Å²) in [7, 11) is 0. The number of hydrogen-bond acceptors (Lipinski definition) is 3. The molecule has 3 aromatic rings. The largest absolute Gasteiger partial charge is 0.388 e. The quantitative estimate of drug-likeness (QED) is 0.775. The molecule has 22 heavy (non-hydrogen) atoms. The number of aromatic nitrogens is 3. The van der Waals surface area contributed by atoms with Crippen LogP contribution in [0.5, 0.6) is 0 Å². The minimum absolute atomic E-state index is 0.548. The molecule has 0 aliphatic rings. The van der Waals surface area contributed by atoms with Crippen molar-refractivity contribution in [2.24, 2.45) is 0 Å². The Labute approximate surface area is 138 Å². The van der Waals surface area contributed by atoms with Gasteiger partial charge in [0.1, 0.15) is 0 Å². The Balaban J connectivity index is 2.32. The predicted molar refractivity (Wildman–Crippen MR) is 88.5 cm³/mol. The summed E-state index contributed by atoms with van der Waals surface area (Å²) in [6, 6.07) is 7.19. The van der Waals surface area contributed by atoms with Crippen LogP contribution in [0.4, 0.5) is 0 Å². The highest BCUT2D eigenvalue weighted by atomic mass is 35.5. The first-order valence-corrected chi connectivity index (χ1v) is 7.78. The standard InChI is InChI=1S/C16H15Cl2N3O/c1-3-13-15(9(2)22)16-19-7-6-14(21(16)20-13)11-5-4-10(17)8-12(11)18/h4-9,22H,3H2,1-2H3. The second-order valence-corrected chi connectivity index (χ2v) is 5.92. The van der Waals surface area contributed by atoms with Crippen molar-refractivity contribution in [2.75, 3.05) is 0 Å².